The SMILES string of the molecule is COc1ccc(S(=O)(=O)N(CC(=O)N(Cc2cccc(OC)c2)C(Cc2ccccc2)C(=O)NC2CCCCC2)c2ccc(F)cc2)cc1. The molecule has 1 fully saturated rings. The minimum Gasteiger partial charge on any atom is -0.497 e. The number of hydrogen-bond donors (Lipinski definition) is 1. The molecule has 1 unspecified atom stereocenters. The summed E-state index contributed by atoms with van der Waals surface area (Å²) in [7, 11) is -1.33. The molecule has 11 heteroatoms. The van der Waals surface area contributed by atoms with Gasteiger partial charge in [0.25, 0.3) is 10.0 Å². The molecule has 1 atom stereocenters. The monoisotopic (exact) mass is 687 g/mol. The minimum atomic E-state index is -4.34. The zero-order valence-electron chi connectivity index (χ0n) is 27.8. The van der Waals surface area contributed by atoms with Crippen molar-refractivity contribution in [2.45, 2.75) is 62.0 Å². The standard InChI is InChI=1S/C38H42FN3O6S/c1-47-33-20-22-35(23-21-33)49(45,46)42(32-18-16-30(39)17-19-32)27-37(43)41(26-29-12-9-15-34(24-29)48-2)36(25-28-10-5-3-6-11-28)38(44)40-31-13-7-4-8-14-31/h3,5-6,9-12,15-24,31,36H,4,7-8,13-14,25-27H2,1-2H3,(H,40,44). The van der Waals surface area contributed by atoms with Crippen molar-refractivity contribution in [3.05, 3.63) is 120 Å². The van der Waals surface area contributed by atoms with Crippen LogP contribution in [0.2, 0.25) is 0 Å². The molecule has 2 amide bonds. The second-order valence-corrected chi connectivity index (χ2v) is 13.9. The lowest BCUT2D eigenvalue weighted by atomic mass is 9.94. The van der Waals surface area contributed by atoms with E-state index in [1.807, 2.05) is 36.4 Å². The van der Waals surface area contributed by atoms with Gasteiger partial charge in [0.05, 0.1) is 24.8 Å². The first-order valence-corrected chi connectivity index (χ1v) is 17.8. The molecule has 0 radical (unpaired) electrons. The van der Waals surface area contributed by atoms with E-state index >= 15 is 0 Å². The van der Waals surface area contributed by atoms with Crippen molar-refractivity contribution >= 4 is 27.5 Å². The number of hydrogen-bond acceptors (Lipinski definition) is 6. The van der Waals surface area contributed by atoms with E-state index in [1.165, 1.54) is 48.4 Å². The van der Waals surface area contributed by atoms with Gasteiger partial charge >= 0.3 is 0 Å². The second kappa shape index (κ2) is 16.5. The van der Waals surface area contributed by atoms with E-state index in [9.17, 15) is 22.4 Å². The van der Waals surface area contributed by atoms with Crippen LogP contribution < -0.4 is 19.1 Å². The highest BCUT2D eigenvalue weighted by molar-refractivity contribution is 7.92. The molecule has 1 aliphatic carbocycles. The predicted octanol–water partition coefficient (Wildman–Crippen LogP) is 6.13. The lowest BCUT2D eigenvalue weighted by Crippen LogP contribution is -2.55. The molecular formula is C38H42FN3O6S. The number of carbonyl (C=O) groups is 2. The van der Waals surface area contributed by atoms with Crippen LogP contribution in [0.3, 0.4) is 0 Å². The van der Waals surface area contributed by atoms with Crippen molar-refractivity contribution in [1.82, 2.24) is 10.2 Å². The first kappa shape index (κ1) is 35.4. The highest BCUT2D eigenvalue weighted by Gasteiger charge is 2.35. The number of sulfonamides is 1. The van der Waals surface area contributed by atoms with E-state index in [1.54, 1.807) is 25.3 Å². The fraction of sp³-hybridized carbons (Fsp3) is 0.316. The van der Waals surface area contributed by atoms with Crippen LogP contribution in [0.15, 0.2) is 108 Å². The fourth-order valence-electron chi connectivity index (χ4n) is 6.08. The molecule has 4 aromatic rings. The molecule has 0 aliphatic heterocycles. The van der Waals surface area contributed by atoms with Crippen molar-refractivity contribution in [1.29, 1.82) is 0 Å². The van der Waals surface area contributed by atoms with Gasteiger partial charge in [-0.2, -0.15) is 0 Å². The Hall–Kier alpha value is -4.90. The number of methoxy groups -OCH3 is 2. The van der Waals surface area contributed by atoms with Crippen LogP contribution in [-0.2, 0) is 32.6 Å². The predicted molar refractivity (Wildman–Crippen MR) is 186 cm³/mol. The normalized spacial score (nSPS) is 14.0. The molecule has 0 spiro atoms. The number of rotatable bonds is 14. The Kier molecular flexibility index (Phi) is 11.9. The number of benzene rings is 4. The summed E-state index contributed by atoms with van der Waals surface area (Å²) in [6.07, 6.45) is 5.05. The van der Waals surface area contributed by atoms with Crippen LogP contribution in [0.4, 0.5) is 10.1 Å². The second-order valence-electron chi connectivity index (χ2n) is 12.1. The first-order valence-electron chi connectivity index (χ1n) is 16.4. The maximum atomic E-state index is 14.7. The Morgan fingerprint density at radius 1 is 0.816 bits per heavy atom. The minimum absolute atomic E-state index is 0.00542. The summed E-state index contributed by atoms with van der Waals surface area (Å²) in [5.41, 5.74) is 1.64. The molecule has 1 N–H and O–H groups in total. The molecule has 0 heterocycles. The van der Waals surface area contributed by atoms with E-state index in [0.717, 1.165) is 54.1 Å². The van der Waals surface area contributed by atoms with Crippen molar-refractivity contribution in [3.8, 4) is 11.5 Å². The Labute approximate surface area is 287 Å². The van der Waals surface area contributed by atoms with Crippen LogP contribution in [0.25, 0.3) is 0 Å². The van der Waals surface area contributed by atoms with E-state index < -0.39 is 34.3 Å². The molecule has 0 bridgehead atoms. The Morgan fingerprint density at radius 3 is 2.12 bits per heavy atom. The third-order valence-corrected chi connectivity index (χ3v) is 10.5. The first-order chi connectivity index (χ1) is 23.7. The number of carbonyl (C=O) groups excluding carboxylic acids is 2. The van der Waals surface area contributed by atoms with Crippen LogP contribution in [0, 0.1) is 5.82 Å². The summed E-state index contributed by atoms with van der Waals surface area (Å²) >= 11 is 0. The molecule has 258 valence electrons. The van der Waals surface area contributed by atoms with Gasteiger partial charge in [-0.1, -0.05) is 61.7 Å². The Morgan fingerprint density at radius 2 is 1.47 bits per heavy atom. The quantitative estimate of drug-likeness (QED) is 0.171. The van der Waals surface area contributed by atoms with Gasteiger partial charge in [-0.3, -0.25) is 13.9 Å². The summed E-state index contributed by atoms with van der Waals surface area (Å²) in [5, 5.41) is 3.20. The van der Waals surface area contributed by atoms with Crippen molar-refractivity contribution < 1.29 is 31.9 Å². The van der Waals surface area contributed by atoms with Gasteiger partial charge in [-0.05, 0) is 84.6 Å². The number of anilines is 1. The Bertz CT molecular complexity index is 1800. The number of ether oxygens (including phenoxy) is 2. The van der Waals surface area contributed by atoms with E-state index in [2.05, 4.69) is 5.32 Å². The largest absolute Gasteiger partial charge is 0.497 e. The average molecular weight is 688 g/mol. The topological polar surface area (TPSA) is 105 Å². The summed E-state index contributed by atoms with van der Waals surface area (Å²) in [5.74, 6) is -0.437. The molecule has 0 saturated heterocycles. The number of amides is 2. The molecule has 9 nitrogen and oxygen atoms in total. The lowest BCUT2D eigenvalue weighted by Gasteiger charge is -2.35. The van der Waals surface area contributed by atoms with Crippen molar-refractivity contribution in [2.75, 3.05) is 25.1 Å². The van der Waals surface area contributed by atoms with Gasteiger partial charge in [0.2, 0.25) is 11.8 Å². The molecule has 49 heavy (non-hydrogen) atoms. The van der Waals surface area contributed by atoms with Gasteiger partial charge in [0.1, 0.15) is 29.9 Å². The van der Waals surface area contributed by atoms with Crippen LogP contribution in [0.1, 0.15) is 43.2 Å². The van der Waals surface area contributed by atoms with E-state index in [4.69, 9.17) is 9.47 Å². The zero-order chi connectivity index (χ0) is 34.8. The Balaban J connectivity index is 1.57. The molecule has 5 rings (SSSR count). The van der Waals surface area contributed by atoms with Gasteiger partial charge in [-0.25, -0.2) is 12.8 Å². The van der Waals surface area contributed by atoms with Gasteiger partial charge < -0.3 is 19.7 Å². The number of halogens is 1. The maximum Gasteiger partial charge on any atom is 0.264 e. The molecule has 1 saturated carbocycles. The highest BCUT2D eigenvalue weighted by Crippen LogP contribution is 2.27. The summed E-state index contributed by atoms with van der Waals surface area (Å²) < 4.78 is 54.0. The average Bonchev–Trinajstić information content (AvgIpc) is 3.13. The van der Waals surface area contributed by atoms with Gasteiger partial charge in [0, 0.05) is 19.0 Å². The van der Waals surface area contributed by atoms with Crippen LogP contribution >= 0.6 is 0 Å². The van der Waals surface area contributed by atoms with Gasteiger partial charge in [0.15, 0.2) is 0 Å². The summed E-state index contributed by atoms with van der Waals surface area (Å²) in [6.45, 7) is -0.641. The molecule has 4 aromatic carbocycles. The fourth-order valence-corrected chi connectivity index (χ4v) is 7.49. The van der Waals surface area contributed by atoms with E-state index in [-0.39, 0.29) is 35.5 Å². The maximum absolute atomic E-state index is 14.7. The van der Waals surface area contributed by atoms with Gasteiger partial charge in [-0.15, -0.1) is 0 Å². The third-order valence-electron chi connectivity index (χ3n) is 8.75. The lowest BCUT2D eigenvalue weighted by molar-refractivity contribution is -0.140. The smallest absolute Gasteiger partial charge is 0.264 e. The summed E-state index contributed by atoms with van der Waals surface area (Å²) in [6, 6.07) is 26.3. The number of nitrogens with zero attached hydrogens (tertiary/aromatic N) is 2. The van der Waals surface area contributed by atoms with Crippen LogP contribution in [-0.4, -0.2) is 58.0 Å². The highest BCUT2D eigenvalue weighted by atomic mass is 32.2. The zero-order valence-corrected chi connectivity index (χ0v) is 28.6. The van der Waals surface area contributed by atoms with Crippen molar-refractivity contribution in [3.63, 3.8) is 0 Å². The third kappa shape index (κ3) is 9.17. The molecular weight excluding hydrogens is 645 g/mol. The van der Waals surface area contributed by atoms with Crippen molar-refractivity contribution in [2.24, 2.45) is 0 Å². The molecule has 1 aliphatic rings. The number of nitrogens with one attached hydrogen (secondary N) is 1. The summed E-state index contributed by atoms with van der Waals surface area (Å²) in [4.78, 5) is 30.3. The van der Waals surface area contributed by atoms with E-state index in [0.29, 0.717) is 17.1 Å². The molecule has 0 aromatic heterocycles. The van der Waals surface area contributed by atoms with Crippen LogP contribution in [0.5, 0.6) is 11.5 Å².